The molecule has 0 amide bonds. The quantitative estimate of drug-likeness (QED) is 0.137. The molecular formula is C39H40N2Si. The van der Waals surface area contributed by atoms with Gasteiger partial charge >= 0.3 is 0 Å². The topological polar surface area (TPSA) is 25.8 Å². The molecule has 0 N–H and O–H groups in total. The second kappa shape index (κ2) is 13.1. The molecule has 0 aliphatic heterocycles. The Morgan fingerprint density at radius 1 is 0.619 bits per heavy atom. The van der Waals surface area contributed by atoms with Gasteiger partial charge in [0.05, 0.1) is 11.4 Å². The fourth-order valence-electron chi connectivity index (χ4n) is 4.29. The third kappa shape index (κ3) is 7.93. The maximum absolute atomic E-state index is 9.23. The van der Waals surface area contributed by atoms with E-state index in [1.165, 1.54) is 30.6 Å². The van der Waals surface area contributed by atoms with Crippen molar-refractivity contribution in [2.75, 3.05) is 0 Å². The molecule has 0 aliphatic carbocycles. The van der Waals surface area contributed by atoms with Crippen molar-refractivity contribution >= 4 is 8.07 Å². The first-order valence-electron chi connectivity index (χ1n) is 18.0. The summed E-state index contributed by atoms with van der Waals surface area (Å²) in [5, 5.41) is 0. The molecule has 2 aromatic heterocycles. The number of aromatic nitrogens is 2. The number of hydrogen-bond acceptors (Lipinski definition) is 2. The van der Waals surface area contributed by atoms with Crippen molar-refractivity contribution in [3.63, 3.8) is 0 Å². The molecule has 5 rings (SSSR count). The van der Waals surface area contributed by atoms with Crippen LogP contribution in [0.3, 0.4) is 0 Å². The number of rotatable bonds is 8. The standard InChI is InChI=1S/C39H40N2Si/c1-29-22-38(34-12-8-6-9-13-34)40-27-36(29)18-16-31-24-32(26-33(25-31)20-21-42(3,4)5)17-19-37-28-41-39(23-30(37)2)35-14-10-7-11-15-35/h6-15,22-28H,16-19H2,1-5H3/i16D2,17D2,18D2,19D2. The zero-order chi connectivity index (χ0) is 36.7. The van der Waals surface area contributed by atoms with E-state index in [2.05, 4.69) is 21.4 Å². The van der Waals surface area contributed by atoms with Crippen LogP contribution in [0.4, 0.5) is 0 Å². The average molecular weight is 573 g/mol. The van der Waals surface area contributed by atoms with Gasteiger partial charge in [0, 0.05) is 40.1 Å². The van der Waals surface area contributed by atoms with Gasteiger partial charge in [-0.05, 0) is 97.0 Å². The van der Waals surface area contributed by atoms with E-state index < -0.39 is 33.6 Å². The van der Waals surface area contributed by atoms with E-state index >= 15 is 0 Å². The highest BCUT2D eigenvalue weighted by Gasteiger charge is 2.10. The third-order valence-electron chi connectivity index (χ3n) is 6.56. The summed E-state index contributed by atoms with van der Waals surface area (Å²) in [6, 6.07) is 26.5. The molecule has 2 nitrogen and oxygen atoms in total. The summed E-state index contributed by atoms with van der Waals surface area (Å²) < 4.78 is 73.5. The van der Waals surface area contributed by atoms with Gasteiger partial charge in [0.1, 0.15) is 8.07 Å². The molecule has 42 heavy (non-hydrogen) atoms. The predicted molar refractivity (Wildman–Crippen MR) is 180 cm³/mol. The van der Waals surface area contributed by atoms with E-state index in [-0.39, 0.29) is 27.8 Å². The van der Waals surface area contributed by atoms with Crippen molar-refractivity contribution in [3.05, 3.63) is 142 Å². The van der Waals surface area contributed by atoms with E-state index in [0.717, 1.165) is 11.1 Å². The van der Waals surface area contributed by atoms with Crippen LogP contribution in [0, 0.1) is 25.3 Å². The number of benzene rings is 3. The first-order chi connectivity index (χ1) is 23.3. The van der Waals surface area contributed by atoms with E-state index in [0.29, 0.717) is 22.5 Å². The van der Waals surface area contributed by atoms with Crippen LogP contribution in [0.25, 0.3) is 22.5 Å². The van der Waals surface area contributed by atoms with Gasteiger partial charge in [-0.25, -0.2) is 0 Å². The molecule has 5 aromatic rings. The van der Waals surface area contributed by atoms with Crippen molar-refractivity contribution in [1.82, 2.24) is 9.97 Å². The summed E-state index contributed by atoms with van der Waals surface area (Å²) in [7, 11) is -1.94. The first-order valence-corrected chi connectivity index (χ1v) is 17.5. The molecule has 0 saturated heterocycles. The van der Waals surface area contributed by atoms with Crippen LogP contribution in [-0.2, 0) is 25.5 Å². The Morgan fingerprint density at radius 2 is 1.07 bits per heavy atom. The van der Waals surface area contributed by atoms with Crippen LogP contribution in [-0.4, -0.2) is 18.0 Å². The fraction of sp³-hybridized carbons (Fsp3) is 0.231. The lowest BCUT2D eigenvalue weighted by molar-refractivity contribution is 0.912. The average Bonchev–Trinajstić information content (AvgIpc) is 3.07. The van der Waals surface area contributed by atoms with Crippen molar-refractivity contribution in [3.8, 4) is 34.0 Å². The van der Waals surface area contributed by atoms with Gasteiger partial charge in [0.2, 0.25) is 0 Å². The highest BCUT2D eigenvalue weighted by Crippen LogP contribution is 2.23. The van der Waals surface area contributed by atoms with Crippen molar-refractivity contribution < 1.29 is 11.0 Å². The Hall–Kier alpha value is -4.26. The number of aryl methyl sites for hydroxylation is 6. The Bertz CT molecular complexity index is 1950. The van der Waals surface area contributed by atoms with Crippen LogP contribution in [0.15, 0.2) is 103 Å². The summed E-state index contributed by atoms with van der Waals surface area (Å²) >= 11 is 0. The lowest BCUT2D eigenvalue weighted by Gasteiger charge is -2.12. The molecule has 210 valence electrons. The van der Waals surface area contributed by atoms with Gasteiger partial charge in [-0.15, -0.1) is 5.54 Å². The molecule has 0 saturated carbocycles. The number of pyridine rings is 2. The largest absolute Gasteiger partial charge is 0.256 e. The maximum Gasteiger partial charge on any atom is 0.129 e. The molecule has 0 radical (unpaired) electrons. The van der Waals surface area contributed by atoms with Crippen LogP contribution < -0.4 is 0 Å². The minimum Gasteiger partial charge on any atom is -0.256 e. The van der Waals surface area contributed by atoms with Crippen molar-refractivity contribution in [1.29, 1.82) is 0 Å². The van der Waals surface area contributed by atoms with E-state index in [1.54, 1.807) is 26.0 Å². The monoisotopic (exact) mass is 572 g/mol. The first kappa shape index (κ1) is 20.6. The van der Waals surface area contributed by atoms with E-state index in [1.807, 2.05) is 80.3 Å². The molecule has 3 aromatic carbocycles. The summed E-state index contributed by atoms with van der Waals surface area (Å²) in [6.45, 7) is 9.56. The van der Waals surface area contributed by atoms with Crippen molar-refractivity contribution in [2.45, 2.75) is 59.0 Å². The molecule has 0 bridgehead atoms. The van der Waals surface area contributed by atoms with Gasteiger partial charge in [-0.1, -0.05) is 92.3 Å². The van der Waals surface area contributed by atoms with Crippen molar-refractivity contribution in [2.24, 2.45) is 0 Å². The fourth-order valence-corrected chi connectivity index (χ4v) is 4.81. The minimum absolute atomic E-state index is 0.0564. The highest BCUT2D eigenvalue weighted by molar-refractivity contribution is 6.83. The summed E-state index contributed by atoms with van der Waals surface area (Å²) in [5.41, 5.74) is 7.30. The van der Waals surface area contributed by atoms with E-state index in [9.17, 15) is 5.48 Å². The second-order valence-corrected chi connectivity index (χ2v) is 16.1. The molecular weight excluding hydrogens is 525 g/mol. The Balaban J connectivity index is 1.62. The Morgan fingerprint density at radius 3 is 1.48 bits per heavy atom. The molecule has 0 aliphatic rings. The zero-order valence-corrected chi connectivity index (χ0v) is 25.7. The smallest absolute Gasteiger partial charge is 0.129 e. The van der Waals surface area contributed by atoms with Gasteiger partial charge in [0.15, 0.2) is 0 Å². The lowest BCUT2D eigenvalue weighted by Crippen LogP contribution is -2.16. The molecule has 0 unspecified atom stereocenters. The lowest BCUT2D eigenvalue weighted by atomic mass is 9.95. The second-order valence-electron chi connectivity index (χ2n) is 11.3. The van der Waals surface area contributed by atoms with Gasteiger partial charge < -0.3 is 0 Å². The normalized spacial score (nSPS) is 15.4. The minimum atomic E-state index is -2.70. The zero-order valence-electron chi connectivity index (χ0n) is 32.7. The van der Waals surface area contributed by atoms with Crippen LogP contribution in [0.2, 0.25) is 19.6 Å². The molecule has 2 heterocycles. The van der Waals surface area contributed by atoms with Gasteiger partial charge in [-0.2, -0.15) is 0 Å². The van der Waals surface area contributed by atoms with Crippen LogP contribution in [0.5, 0.6) is 0 Å². The predicted octanol–water partition coefficient (Wildman–Crippen LogP) is 9.23. The van der Waals surface area contributed by atoms with Crippen LogP contribution in [0.1, 0.15) is 49.9 Å². The SMILES string of the molecule is [2H]C([2H])(c1cc(C#C[Si](C)(C)C)cc(C([2H])([2H])C([2H])([2H])c2cnc(-c3ccccc3)cc2C)c1)C([2H])([2H])c1cnc(-c2ccccc2)cc1C. The maximum atomic E-state index is 9.23. The van der Waals surface area contributed by atoms with E-state index in [4.69, 9.17) is 5.48 Å². The summed E-state index contributed by atoms with van der Waals surface area (Å²) in [6.07, 6.45) is -7.90. The number of hydrogen-bond donors (Lipinski definition) is 0. The highest BCUT2D eigenvalue weighted by atomic mass is 28.3. The third-order valence-corrected chi connectivity index (χ3v) is 7.43. The Kier molecular flexibility index (Phi) is 6.44. The number of nitrogens with zero attached hydrogens (tertiary/aromatic N) is 2. The summed E-state index contributed by atoms with van der Waals surface area (Å²) in [4.78, 5) is 8.95. The summed E-state index contributed by atoms with van der Waals surface area (Å²) in [5.74, 6) is 3.07. The Labute approximate surface area is 264 Å². The van der Waals surface area contributed by atoms with Gasteiger partial charge in [-0.3, -0.25) is 9.97 Å². The molecule has 0 spiro atoms. The van der Waals surface area contributed by atoms with Crippen LogP contribution >= 0.6 is 0 Å². The van der Waals surface area contributed by atoms with Gasteiger partial charge in [0.25, 0.3) is 0 Å². The molecule has 0 fully saturated rings. The molecule has 0 atom stereocenters. The molecule has 3 heteroatoms.